The number of hydrogen-bond acceptors (Lipinski definition) is 7. The second kappa shape index (κ2) is 9.12. The van der Waals surface area contributed by atoms with Gasteiger partial charge in [-0.25, -0.2) is 0 Å². The van der Waals surface area contributed by atoms with E-state index >= 15 is 0 Å². The molecule has 0 amide bonds. The topological polar surface area (TPSA) is 74.5 Å². The molecule has 0 radical (unpaired) electrons. The van der Waals surface area contributed by atoms with Gasteiger partial charge >= 0.3 is 0 Å². The summed E-state index contributed by atoms with van der Waals surface area (Å²) in [5.41, 5.74) is 0.587. The van der Waals surface area contributed by atoms with E-state index in [0.29, 0.717) is 27.1 Å². The number of ether oxygens (including phenoxy) is 2. The summed E-state index contributed by atoms with van der Waals surface area (Å²) >= 11 is 13.0. The summed E-state index contributed by atoms with van der Waals surface area (Å²) in [7, 11) is 1.57. The first-order valence-corrected chi connectivity index (χ1v) is 9.49. The lowest BCUT2D eigenvalue weighted by Crippen LogP contribution is -2.02. The summed E-state index contributed by atoms with van der Waals surface area (Å²) in [6.45, 7) is 0.0569. The zero-order valence-corrected chi connectivity index (χ0v) is 16.5. The first-order valence-electron chi connectivity index (χ1n) is 7.75. The zero-order valence-electron chi connectivity index (χ0n) is 14.1. The van der Waals surface area contributed by atoms with Crippen molar-refractivity contribution in [2.24, 2.45) is 0 Å². The molecule has 9 heteroatoms. The second-order valence-corrected chi connectivity index (χ2v) is 7.04. The molecule has 6 nitrogen and oxygen atoms in total. The van der Waals surface area contributed by atoms with Gasteiger partial charge < -0.3 is 13.9 Å². The Hall–Kier alpha value is -2.22. The normalized spacial score (nSPS) is 10.6. The van der Waals surface area contributed by atoms with E-state index in [1.54, 1.807) is 49.6 Å². The lowest BCUT2D eigenvalue weighted by Gasteiger charge is -2.05. The van der Waals surface area contributed by atoms with Gasteiger partial charge in [0.05, 0.1) is 17.9 Å². The largest absolute Gasteiger partial charge is 0.497 e. The SMILES string of the molecule is COc1ccc(C(=O)CSc2nnc(COc3ccc(Cl)cc3Cl)o2)cc1. The van der Waals surface area contributed by atoms with Gasteiger partial charge in [0, 0.05) is 10.6 Å². The molecule has 0 fully saturated rings. The molecule has 0 saturated heterocycles. The summed E-state index contributed by atoms with van der Waals surface area (Å²) in [4.78, 5) is 12.2. The Morgan fingerprint density at radius 1 is 1.15 bits per heavy atom. The van der Waals surface area contributed by atoms with Crippen molar-refractivity contribution in [2.45, 2.75) is 11.8 Å². The van der Waals surface area contributed by atoms with Crippen molar-refractivity contribution in [1.82, 2.24) is 10.2 Å². The van der Waals surface area contributed by atoms with E-state index in [0.717, 1.165) is 11.8 Å². The van der Waals surface area contributed by atoms with Gasteiger partial charge in [-0.1, -0.05) is 35.0 Å². The molecule has 0 spiro atoms. The smallest absolute Gasteiger partial charge is 0.277 e. The lowest BCUT2D eigenvalue weighted by molar-refractivity contribution is 0.102. The molecule has 0 aliphatic carbocycles. The predicted molar refractivity (Wildman–Crippen MR) is 103 cm³/mol. The molecule has 0 aliphatic heterocycles. The van der Waals surface area contributed by atoms with Crippen LogP contribution in [0.1, 0.15) is 16.2 Å². The van der Waals surface area contributed by atoms with Crippen LogP contribution < -0.4 is 9.47 Å². The van der Waals surface area contributed by atoms with Crippen molar-refractivity contribution in [1.29, 1.82) is 0 Å². The minimum atomic E-state index is -0.0494. The first kappa shape index (κ1) is 19.5. The van der Waals surface area contributed by atoms with Crippen LogP contribution in [0.3, 0.4) is 0 Å². The molecule has 0 atom stereocenters. The minimum Gasteiger partial charge on any atom is -0.497 e. The van der Waals surface area contributed by atoms with Gasteiger partial charge in [0.25, 0.3) is 11.1 Å². The minimum absolute atomic E-state index is 0.0494. The van der Waals surface area contributed by atoms with Crippen LogP contribution in [0.4, 0.5) is 0 Å². The molecule has 0 unspecified atom stereocenters. The zero-order chi connectivity index (χ0) is 19.2. The average molecular weight is 425 g/mol. The number of ketones is 1. The average Bonchev–Trinajstić information content (AvgIpc) is 3.13. The van der Waals surface area contributed by atoms with Crippen molar-refractivity contribution < 1.29 is 18.7 Å². The number of aromatic nitrogens is 2. The third-order valence-corrected chi connectivity index (χ3v) is 4.78. The Balaban J connectivity index is 1.52. The maximum absolute atomic E-state index is 12.2. The standard InChI is InChI=1S/C18H14Cl2N2O4S/c1-24-13-5-2-11(3-6-13)15(23)10-27-18-22-21-17(26-18)9-25-16-7-4-12(19)8-14(16)20/h2-8H,9-10H2,1H3. The van der Waals surface area contributed by atoms with E-state index in [1.165, 1.54) is 0 Å². The summed E-state index contributed by atoms with van der Waals surface area (Å²) in [6.07, 6.45) is 0. The number of carbonyl (C=O) groups is 1. The fourth-order valence-electron chi connectivity index (χ4n) is 2.07. The number of thioether (sulfide) groups is 1. The number of hydrogen-bond donors (Lipinski definition) is 0. The Morgan fingerprint density at radius 2 is 1.93 bits per heavy atom. The van der Waals surface area contributed by atoms with E-state index < -0.39 is 0 Å². The molecule has 0 saturated carbocycles. The Bertz CT molecular complexity index is 931. The summed E-state index contributed by atoms with van der Waals surface area (Å²) in [5, 5.41) is 8.99. The van der Waals surface area contributed by atoms with Gasteiger partial charge in [0.1, 0.15) is 11.5 Å². The molecule has 1 aromatic heterocycles. The van der Waals surface area contributed by atoms with Crippen LogP contribution >= 0.6 is 35.0 Å². The molecule has 140 valence electrons. The van der Waals surface area contributed by atoms with Gasteiger partial charge in [-0.3, -0.25) is 4.79 Å². The van der Waals surface area contributed by atoms with Crippen LogP contribution in [0, 0.1) is 0 Å². The molecule has 3 rings (SSSR count). The van der Waals surface area contributed by atoms with Crippen molar-refractivity contribution >= 4 is 40.7 Å². The molecule has 27 heavy (non-hydrogen) atoms. The van der Waals surface area contributed by atoms with Crippen LogP contribution in [0.5, 0.6) is 11.5 Å². The van der Waals surface area contributed by atoms with Crippen molar-refractivity contribution in [3.63, 3.8) is 0 Å². The van der Waals surface area contributed by atoms with Crippen LogP contribution in [0.2, 0.25) is 10.0 Å². The number of halogens is 2. The van der Waals surface area contributed by atoms with Crippen molar-refractivity contribution in [3.8, 4) is 11.5 Å². The molecule has 0 N–H and O–H groups in total. The van der Waals surface area contributed by atoms with Crippen molar-refractivity contribution in [2.75, 3.05) is 12.9 Å². The number of nitrogens with zero attached hydrogens (tertiary/aromatic N) is 2. The van der Waals surface area contributed by atoms with Gasteiger partial charge in [0.15, 0.2) is 12.4 Å². The molecule has 0 aliphatic rings. The summed E-state index contributed by atoms with van der Waals surface area (Å²) in [6, 6.07) is 11.8. The number of Topliss-reactive ketones (excluding diaryl/α,β-unsaturated/α-hetero) is 1. The number of methoxy groups -OCH3 is 1. The molecule has 1 heterocycles. The first-order chi connectivity index (χ1) is 13.0. The highest BCUT2D eigenvalue weighted by Crippen LogP contribution is 2.28. The lowest BCUT2D eigenvalue weighted by atomic mass is 10.1. The Kier molecular flexibility index (Phi) is 6.60. The van der Waals surface area contributed by atoms with Gasteiger partial charge in [-0.2, -0.15) is 0 Å². The maximum atomic E-state index is 12.2. The van der Waals surface area contributed by atoms with Crippen LogP contribution in [-0.2, 0) is 6.61 Å². The predicted octanol–water partition coefficient (Wildman–Crippen LogP) is 4.94. The van der Waals surface area contributed by atoms with Gasteiger partial charge in [-0.05, 0) is 42.5 Å². The van der Waals surface area contributed by atoms with Crippen LogP contribution in [-0.4, -0.2) is 28.8 Å². The molecule has 3 aromatic rings. The summed E-state index contributed by atoms with van der Waals surface area (Å²) in [5.74, 6) is 1.56. The van der Waals surface area contributed by atoms with Crippen molar-refractivity contribution in [3.05, 3.63) is 64.0 Å². The maximum Gasteiger partial charge on any atom is 0.277 e. The fourth-order valence-corrected chi connectivity index (χ4v) is 3.21. The van der Waals surface area contributed by atoms with E-state index in [9.17, 15) is 4.79 Å². The summed E-state index contributed by atoms with van der Waals surface area (Å²) < 4.78 is 16.1. The number of rotatable bonds is 8. The number of carbonyl (C=O) groups excluding carboxylic acids is 1. The van der Waals surface area contributed by atoms with E-state index in [2.05, 4.69) is 10.2 Å². The van der Waals surface area contributed by atoms with E-state index in [1.807, 2.05) is 0 Å². The molecule has 0 bridgehead atoms. The number of benzene rings is 2. The highest BCUT2D eigenvalue weighted by Gasteiger charge is 2.12. The quantitative estimate of drug-likeness (QED) is 0.374. The monoisotopic (exact) mass is 424 g/mol. The van der Waals surface area contributed by atoms with Gasteiger partial charge in [-0.15, -0.1) is 10.2 Å². The van der Waals surface area contributed by atoms with Crippen LogP contribution in [0.25, 0.3) is 0 Å². The molecular weight excluding hydrogens is 411 g/mol. The highest BCUT2D eigenvalue weighted by atomic mass is 35.5. The van der Waals surface area contributed by atoms with E-state index in [4.69, 9.17) is 37.1 Å². The van der Waals surface area contributed by atoms with Crippen LogP contribution in [0.15, 0.2) is 52.1 Å². The molecule has 2 aromatic carbocycles. The fraction of sp³-hybridized carbons (Fsp3) is 0.167. The second-order valence-electron chi connectivity index (χ2n) is 5.27. The third-order valence-electron chi connectivity index (χ3n) is 3.43. The highest BCUT2D eigenvalue weighted by molar-refractivity contribution is 7.99. The third kappa shape index (κ3) is 5.38. The Labute approximate surface area is 169 Å². The van der Waals surface area contributed by atoms with E-state index in [-0.39, 0.29) is 29.3 Å². The Morgan fingerprint density at radius 3 is 2.63 bits per heavy atom. The van der Waals surface area contributed by atoms with Gasteiger partial charge in [0.2, 0.25) is 0 Å². The molecular formula is C18H14Cl2N2O4S.